The third-order valence-electron chi connectivity index (χ3n) is 3.05. The van der Waals surface area contributed by atoms with Crippen LogP contribution in [0.25, 0.3) is 0 Å². The highest BCUT2D eigenvalue weighted by Crippen LogP contribution is 2.24. The van der Waals surface area contributed by atoms with Gasteiger partial charge in [0.2, 0.25) is 0 Å². The lowest BCUT2D eigenvalue weighted by molar-refractivity contribution is 0.0735. The van der Waals surface area contributed by atoms with E-state index in [-0.39, 0.29) is 5.97 Å². The number of carbonyl (C=O) groups is 1. The highest BCUT2D eigenvalue weighted by Gasteiger charge is 2.10. The van der Waals surface area contributed by atoms with Gasteiger partial charge in [0.05, 0.1) is 10.6 Å². The van der Waals surface area contributed by atoms with Crippen molar-refractivity contribution in [1.29, 1.82) is 0 Å². The average molecular weight is 289 g/mol. The van der Waals surface area contributed by atoms with E-state index in [9.17, 15) is 4.79 Å². The summed E-state index contributed by atoms with van der Waals surface area (Å²) in [5.74, 6) is -0.00522. The van der Waals surface area contributed by atoms with Crippen molar-refractivity contribution in [2.75, 3.05) is 0 Å². The molecule has 104 valence electrons. The lowest BCUT2D eigenvalue weighted by Gasteiger charge is -2.06. The van der Waals surface area contributed by atoms with Crippen LogP contribution >= 0.6 is 11.6 Å². The first-order valence-electron chi connectivity index (χ1n) is 6.76. The summed E-state index contributed by atoms with van der Waals surface area (Å²) in [4.78, 5) is 12.0. The molecular formula is C17H17ClO2. The Kier molecular flexibility index (Phi) is 5.19. The lowest BCUT2D eigenvalue weighted by atomic mass is 10.1. The molecular weight excluding hydrogens is 272 g/mol. The molecule has 0 saturated carbocycles. The SMILES string of the molecule is CCCCc1ccc(C(=O)Oc2ccccc2Cl)cc1. The molecule has 0 amide bonds. The number of carbonyl (C=O) groups excluding carboxylic acids is 1. The molecule has 2 aromatic carbocycles. The number of unbranched alkanes of at least 4 members (excludes halogenated alkanes) is 1. The number of halogens is 1. The molecule has 0 fully saturated rings. The van der Waals surface area contributed by atoms with Crippen molar-refractivity contribution in [3.63, 3.8) is 0 Å². The van der Waals surface area contributed by atoms with E-state index >= 15 is 0 Å². The molecule has 0 atom stereocenters. The number of hydrogen-bond donors (Lipinski definition) is 0. The van der Waals surface area contributed by atoms with E-state index in [1.54, 1.807) is 36.4 Å². The molecule has 0 spiro atoms. The monoisotopic (exact) mass is 288 g/mol. The van der Waals surface area contributed by atoms with Crippen molar-refractivity contribution in [3.05, 3.63) is 64.7 Å². The van der Waals surface area contributed by atoms with Gasteiger partial charge in [0.15, 0.2) is 0 Å². The van der Waals surface area contributed by atoms with Gasteiger partial charge in [-0.05, 0) is 42.7 Å². The van der Waals surface area contributed by atoms with Crippen molar-refractivity contribution in [2.24, 2.45) is 0 Å². The van der Waals surface area contributed by atoms with Crippen LogP contribution in [0, 0.1) is 0 Å². The molecule has 0 heterocycles. The first-order chi connectivity index (χ1) is 9.70. The number of para-hydroxylation sites is 1. The molecule has 0 aromatic heterocycles. The number of hydrogen-bond acceptors (Lipinski definition) is 2. The van der Waals surface area contributed by atoms with Crippen LogP contribution in [-0.2, 0) is 6.42 Å². The molecule has 3 heteroatoms. The Morgan fingerprint density at radius 2 is 1.80 bits per heavy atom. The molecule has 0 bridgehead atoms. The van der Waals surface area contributed by atoms with Gasteiger partial charge in [0.1, 0.15) is 5.75 Å². The molecule has 0 aliphatic carbocycles. The van der Waals surface area contributed by atoms with E-state index in [1.165, 1.54) is 5.56 Å². The smallest absolute Gasteiger partial charge is 0.343 e. The fourth-order valence-corrected chi connectivity index (χ4v) is 2.05. The van der Waals surface area contributed by atoms with Gasteiger partial charge in [-0.2, -0.15) is 0 Å². The summed E-state index contributed by atoms with van der Waals surface area (Å²) < 4.78 is 5.28. The van der Waals surface area contributed by atoms with Crippen LogP contribution in [0.4, 0.5) is 0 Å². The lowest BCUT2D eigenvalue weighted by Crippen LogP contribution is -2.08. The maximum atomic E-state index is 12.0. The first-order valence-corrected chi connectivity index (χ1v) is 7.14. The third-order valence-corrected chi connectivity index (χ3v) is 3.36. The summed E-state index contributed by atoms with van der Waals surface area (Å²) in [7, 11) is 0. The minimum absolute atomic E-state index is 0.384. The second-order valence-corrected chi connectivity index (χ2v) is 5.03. The second-order valence-electron chi connectivity index (χ2n) is 4.62. The van der Waals surface area contributed by atoms with Crippen LogP contribution < -0.4 is 4.74 Å². The summed E-state index contributed by atoms with van der Waals surface area (Å²) in [5, 5.41) is 0.431. The second kappa shape index (κ2) is 7.11. The summed E-state index contributed by atoms with van der Waals surface area (Å²) in [5.41, 5.74) is 1.77. The number of ether oxygens (including phenoxy) is 1. The Labute approximate surface area is 124 Å². The minimum Gasteiger partial charge on any atom is -0.421 e. The van der Waals surface area contributed by atoms with E-state index in [4.69, 9.17) is 16.3 Å². The van der Waals surface area contributed by atoms with Crippen LogP contribution in [0.3, 0.4) is 0 Å². The maximum absolute atomic E-state index is 12.0. The van der Waals surface area contributed by atoms with E-state index < -0.39 is 0 Å². The number of aryl methyl sites for hydroxylation is 1. The highest BCUT2D eigenvalue weighted by atomic mass is 35.5. The Morgan fingerprint density at radius 1 is 1.10 bits per heavy atom. The Bertz CT molecular complexity index is 576. The molecule has 0 unspecified atom stereocenters. The Balaban J connectivity index is 2.04. The van der Waals surface area contributed by atoms with Crippen LogP contribution in [0.5, 0.6) is 5.75 Å². The molecule has 0 aliphatic rings. The van der Waals surface area contributed by atoms with Crippen molar-refractivity contribution in [1.82, 2.24) is 0 Å². The Hall–Kier alpha value is -1.80. The van der Waals surface area contributed by atoms with Gasteiger partial charge in [-0.1, -0.05) is 49.2 Å². The highest BCUT2D eigenvalue weighted by molar-refractivity contribution is 6.32. The molecule has 0 aliphatic heterocycles. The van der Waals surface area contributed by atoms with Gasteiger partial charge >= 0.3 is 5.97 Å². The number of esters is 1. The fraction of sp³-hybridized carbons (Fsp3) is 0.235. The molecule has 20 heavy (non-hydrogen) atoms. The number of benzene rings is 2. The predicted octanol–water partition coefficient (Wildman–Crippen LogP) is 4.90. The van der Waals surface area contributed by atoms with Crippen molar-refractivity contribution < 1.29 is 9.53 Å². The van der Waals surface area contributed by atoms with E-state index in [2.05, 4.69) is 6.92 Å². The van der Waals surface area contributed by atoms with Crippen LogP contribution in [0.1, 0.15) is 35.7 Å². The van der Waals surface area contributed by atoms with Crippen molar-refractivity contribution >= 4 is 17.6 Å². The van der Waals surface area contributed by atoms with E-state index in [1.807, 2.05) is 12.1 Å². The molecule has 0 radical (unpaired) electrons. The standard InChI is InChI=1S/C17H17ClO2/c1-2-3-6-13-9-11-14(12-10-13)17(19)20-16-8-5-4-7-15(16)18/h4-5,7-12H,2-3,6H2,1H3. The van der Waals surface area contributed by atoms with Gasteiger partial charge in [-0.3, -0.25) is 0 Å². The Morgan fingerprint density at radius 3 is 2.45 bits per heavy atom. The molecule has 2 rings (SSSR count). The van der Waals surface area contributed by atoms with Crippen molar-refractivity contribution in [2.45, 2.75) is 26.2 Å². The third kappa shape index (κ3) is 3.84. The molecule has 2 nitrogen and oxygen atoms in total. The van der Waals surface area contributed by atoms with E-state index in [0.717, 1.165) is 19.3 Å². The van der Waals surface area contributed by atoms with Gasteiger partial charge < -0.3 is 4.74 Å². The first kappa shape index (κ1) is 14.6. The summed E-state index contributed by atoms with van der Waals surface area (Å²) in [6.07, 6.45) is 3.36. The van der Waals surface area contributed by atoms with Crippen molar-refractivity contribution in [3.8, 4) is 5.75 Å². The topological polar surface area (TPSA) is 26.3 Å². The predicted molar refractivity (Wildman–Crippen MR) is 81.5 cm³/mol. The largest absolute Gasteiger partial charge is 0.421 e. The molecule has 0 N–H and O–H groups in total. The van der Waals surface area contributed by atoms with Crippen LogP contribution in [0.2, 0.25) is 5.02 Å². The van der Waals surface area contributed by atoms with Gasteiger partial charge in [-0.25, -0.2) is 4.79 Å². The summed E-state index contributed by atoms with van der Waals surface area (Å²) >= 11 is 5.96. The quantitative estimate of drug-likeness (QED) is 0.578. The maximum Gasteiger partial charge on any atom is 0.343 e. The van der Waals surface area contributed by atoms with E-state index in [0.29, 0.717) is 16.3 Å². The fourth-order valence-electron chi connectivity index (χ4n) is 1.87. The zero-order chi connectivity index (χ0) is 14.4. The zero-order valence-corrected chi connectivity index (χ0v) is 12.2. The minimum atomic E-state index is -0.389. The number of rotatable bonds is 5. The zero-order valence-electron chi connectivity index (χ0n) is 11.4. The van der Waals surface area contributed by atoms with Gasteiger partial charge in [-0.15, -0.1) is 0 Å². The van der Waals surface area contributed by atoms with Gasteiger partial charge in [0, 0.05) is 0 Å². The average Bonchev–Trinajstić information content (AvgIpc) is 2.48. The van der Waals surface area contributed by atoms with Gasteiger partial charge in [0.25, 0.3) is 0 Å². The van der Waals surface area contributed by atoms with Crippen LogP contribution in [-0.4, -0.2) is 5.97 Å². The summed E-state index contributed by atoms with van der Waals surface area (Å²) in [6.45, 7) is 2.16. The normalized spacial score (nSPS) is 10.3. The van der Waals surface area contributed by atoms with Crippen LogP contribution in [0.15, 0.2) is 48.5 Å². The summed E-state index contributed by atoms with van der Waals surface area (Å²) in [6, 6.07) is 14.5. The molecule has 2 aromatic rings. The molecule has 0 saturated heterocycles.